The van der Waals surface area contributed by atoms with Gasteiger partial charge in [-0.2, -0.15) is 0 Å². The maximum atomic E-state index is 12.6. The number of benzene rings is 2. The van der Waals surface area contributed by atoms with E-state index in [0.29, 0.717) is 5.56 Å². The van der Waals surface area contributed by atoms with Crippen molar-refractivity contribution >= 4 is 39.1 Å². The normalized spacial score (nSPS) is 11.0. The number of halogens is 1. The van der Waals surface area contributed by atoms with Crippen molar-refractivity contribution in [1.29, 1.82) is 0 Å². The minimum Gasteiger partial charge on any atom is -0.459 e. The number of hydrogen-bond donors (Lipinski definition) is 3. The van der Waals surface area contributed by atoms with Crippen LogP contribution in [-0.2, 0) is 10.0 Å². The van der Waals surface area contributed by atoms with Crippen LogP contribution >= 0.6 is 11.6 Å². The highest BCUT2D eigenvalue weighted by Crippen LogP contribution is 2.24. The fourth-order valence-electron chi connectivity index (χ4n) is 2.40. The van der Waals surface area contributed by atoms with Gasteiger partial charge >= 0.3 is 5.91 Å². The SMILES string of the molecule is Cc1ccoc1C(=O)NNC(=O)c1cccc(S(=O)(=O)Nc2ccccc2Cl)c1. The predicted molar refractivity (Wildman–Crippen MR) is 107 cm³/mol. The Morgan fingerprint density at radius 1 is 0.966 bits per heavy atom. The van der Waals surface area contributed by atoms with Crippen LogP contribution < -0.4 is 15.6 Å². The topological polar surface area (TPSA) is 118 Å². The molecule has 0 saturated carbocycles. The van der Waals surface area contributed by atoms with Crippen LogP contribution in [0.1, 0.15) is 26.5 Å². The van der Waals surface area contributed by atoms with Gasteiger partial charge in [0.25, 0.3) is 15.9 Å². The summed E-state index contributed by atoms with van der Waals surface area (Å²) >= 11 is 5.98. The summed E-state index contributed by atoms with van der Waals surface area (Å²) < 4.78 is 32.6. The van der Waals surface area contributed by atoms with Gasteiger partial charge in [-0.25, -0.2) is 8.42 Å². The smallest absolute Gasteiger partial charge is 0.305 e. The summed E-state index contributed by atoms with van der Waals surface area (Å²) in [7, 11) is -3.98. The number of hydrogen-bond acceptors (Lipinski definition) is 5. The summed E-state index contributed by atoms with van der Waals surface area (Å²) in [5.74, 6) is -1.27. The zero-order chi connectivity index (χ0) is 21.0. The second-order valence-corrected chi connectivity index (χ2v) is 8.04. The molecular formula is C19H16ClN3O5S. The molecule has 3 N–H and O–H groups in total. The zero-order valence-corrected chi connectivity index (χ0v) is 16.7. The molecule has 0 unspecified atom stereocenters. The highest BCUT2D eigenvalue weighted by Gasteiger charge is 2.18. The monoisotopic (exact) mass is 433 g/mol. The molecule has 2 aromatic carbocycles. The number of anilines is 1. The maximum absolute atomic E-state index is 12.6. The number of sulfonamides is 1. The van der Waals surface area contributed by atoms with Gasteiger partial charge in [0.1, 0.15) is 0 Å². The lowest BCUT2D eigenvalue weighted by molar-refractivity contribution is 0.0830. The van der Waals surface area contributed by atoms with Gasteiger partial charge in [-0.1, -0.05) is 29.8 Å². The number of aryl methyl sites for hydroxylation is 1. The summed E-state index contributed by atoms with van der Waals surface area (Å²) in [4.78, 5) is 24.1. The molecular weight excluding hydrogens is 418 g/mol. The van der Waals surface area contributed by atoms with E-state index in [1.54, 1.807) is 31.2 Å². The van der Waals surface area contributed by atoms with Gasteiger partial charge < -0.3 is 4.42 Å². The second-order valence-electron chi connectivity index (χ2n) is 5.95. The largest absolute Gasteiger partial charge is 0.459 e. The predicted octanol–water partition coefficient (Wildman–Crippen LogP) is 3.12. The van der Waals surface area contributed by atoms with Crippen LogP contribution in [0.2, 0.25) is 5.02 Å². The Morgan fingerprint density at radius 3 is 2.38 bits per heavy atom. The third-order valence-electron chi connectivity index (χ3n) is 3.88. The number of hydrazine groups is 1. The van der Waals surface area contributed by atoms with Gasteiger partial charge in [-0.3, -0.25) is 25.2 Å². The molecule has 0 aliphatic rings. The summed E-state index contributed by atoms with van der Waals surface area (Å²) in [5.41, 5.74) is 5.28. The van der Waals surface area contributed by atoms with Crippen molar-refractivity contribution < 1.29 is 22.4 Å². The van der Waals surface area contributed by atoms with Gasteiger partial charge in [0.2, 0.25) is 0 Å². The maximum Gasteiger partial charge on any atom is 0.305 e. The number of carbonyl (C=O) groups excluding carboxylic acids is 2. The first-order valence-electron chi connectivity index (χ1n) is 8.30. The Morgan fingerprint density at radius 2 is 1.69 bits per heavy atom. The first kappa shape index (κ1) is 20.4. The van der Waals surface area contributed by atoms with Crippen LogP contribution in [0.4, 0.5) is 5.69 Å². The second kappa shape index (κ2) is 8.38. The molecule has 10 heteroatoms. The quantitative estimate of drug-likeness (QED) is 0.534. The first-order valence-corrected chi connectivity index (χ1v) is 10.2. The van der Waals surface area contributed by atoms with Crippen LogP contribution in [0.15, 0.2) is 70.2 Å². The number of carbonyl (C=O) groups is 2. The molecule has 1 heterocycles. The van der Waals surface area contributed by atoms with Crippen molar-refractivity contribution in [2.45, 2.75) is 11.8 Å². The average Bonchev–Trinajstić information content (AvgIpc) is 3.13. The molecule has 3 aromatic rings. The summed E-state index contributed by atoms with van der Waals surface area (Å²) in [6.07, 6.45) is 1.35. The molecule has 0 aliphatic heterocycles. The molecule has 0 spiro atoms. The van der Waals surface area contributed by atoms with Crippen LogP contribution in [0.25, 0.3) is 0 Å². The molecule has 150 valence electrons. The molecule has 0 fully saturated rings. The van der Waals surface area contributed by atoms with E-state index < -0.39 is 21.8 Å². The fourth-order valence-corrected chi connectivity index (χ4v) is 3.76. The zero-order valence-electron chi connectivity index (χ0n) is 15.1. The Hall–Kier alpha value is -3.30. The van der Waals surface area contributed by atoms with E-state index in [0.717, 1.165) is 0 Å². The van der Waals surface area contributed by atoms with E-state index in [4.69, 9.17) is 16.0 Å². The van der Waals surface area contributed by atoms with Gasteiger partial charge in [0.05, 0.1) is 21.9 Å². The lowest BCUT2D eigenvalue weighted by Crippen LogP contribution is -2.41. The lowest BCUT2D eigenvalue weighted by Gasteiger charge is -2.11. The van der Waals surface area contributed by atoms with Gasteiger partial charge in [-0.15, -0.1) is 0 Å². The molecule has 3 rings (SSSR count). The van der Waals surface area contributed by atoms with E-state index in [2.05, 4.69) is 15.6 Å². The Balaban J connectivity index is 1.73. The van der Waals surface area contributed by atoms with Crippen molar-refractivity contribution in [3.05, 3.63) is 82.8 Å². The molecule has 0 bridgehead atoms. The van der Waals surface area contributed by atoms with E-state index in [1.165, 1.54) is 36.6 Å². The molecule has 8 nitrogen and oxygen atoms in total. The van der Waals surface area contributed by atoms with Crippen molar-refractivity contribution in [1.82, 2.24) is 10.9 Å². The van der Waals surface area contributed by atoms with Crippen molar-refractivity contribution in [3.63, 3.8) is 0 Å². The van der Waals surface area contributed by atoms with E-state index in [9.17, 15) is 18.0 Å². The number of furan rings is 1. The Kier molecular flexibility index (Phi) is 5.90. The summed E-state index contributed by atoms with van der Waals surface area (Å²) in [6.45, 7) is 1.68. The van der Waals surface area contributed by atoms with Crippen molar-refractivity contribution in [3.8, 4) is 0 Å². The van der Waals surface area contributed by atoms with Crippen molar-refractivity contribution in [2.24, 2.45) is 0 Å². The van der Waals surface area contributed by atoms with Crippen LogP contribution in [0.3, 0.4) is 0 Å². The summed E-state index contributed by atoms with van der Waals surface area (Å²) in [6, 6.07) is 13.3. The molecule has 0 radical (unpaired) electrons. The van der Waals surface area contributed by atoms with Crippen LogP contribution in [0, 0.1) is 6.92 Å². The summed E-state index contributed by atoms with van der Waals surface area (Å²) in [5, 5.41) is 0.237. The minimum absolute atomic E-state index is 0.0310. The van der Waals surface area contributed by atoms with Gasteiger partial charge in [0.15, 0.2) is 5.76 Å². The average molecular weight is 434 g/mol. The molecule has 0 aliphatic carbocycles. The highest BCUT2D eigenvalue weighted by atomic mass is 35.5. The number of rotatable bonds is 5. The Bertz CT molecular complexity index is 1170. The van der Waals surface area contributed by atoms with Gasteiger partial charge in [0, 0.05) is 11.1 Å². The minimum atomic E-state index is -3.98. The first-order chi connectivity index (χ1) is 13.8. The van der Waals surface area contributed by atoms with E-state index in [-0.39, 0.29) is 26.9 Å². The molecule has 29 heavy (non-hydrogen) atoms. The third kappa shape index (κ3) is 4.76. The fraction of sp³-hybridized carbons (Fsp3) is 0.0526. The number of amides is 2. The van der Waals surface area contributed by atoms with E-state index in [1.807, 2.05) is 0 Å². The third-order valence-corrected chi connectivity index (χ3v) is 5.58. The molecule has 1 aromatic heterocycles. The molecule has 0 atom stereocenters. The van der Waals surface area contributed by atoms with E-state index >= 15 is 0 Å². The highest BCUT2D eigenvalue weighted by molar-refractivity contribution is 7.92. The van der Waals surface area contributed by atoms with Gasteiger partial charge in [-0.05, 0) is 43.3 Å². The molecule has 0 saturated heterocycles. The number of nitrogens with one attached hydrogen (secondary N) is 3. The number of para-hydroxylation sites is 1. The molecule has 2 amide bonds. The Labute approximate surface area is 171 Å². The standard InChI is InChI=1S/C19H16ClN3O5S/c1-12-9-10-28-17(12)19(25)22-21-18(24)13-5-4-6-14(11-13)29(26,27)23-16-8-3-2-7-15(16)20/h2-11,23H,1H3,(H,21,24)(H,22,25). The van der Waals surface area contributed by atoms with Crippen LogP contribution in [0.5, 0.6) is 0 Å². The van der Waals surface area contributed by atoms with Crippen molar-refractivity contribution in [2.75, 3.05) is 4.72 Å². The lowest BCUT2D eigenvalue weighted by atomic mass is 10.2. The van der Waals surface area contributed by atoms with Crippen LogP contribution in [-0.4, -0.2) is 20.2 Å².